The topological polar surface area (TPSA) is 121 Å². The minimum absolute atomic E-state index is 0.0123. The molecule has 21 heavy (non-hydrogen) atoms. The van der Waals surface area contributed by atoms with E-state index in [1.54, 1.807) is 6.92 Å². The first-order chi connectivity index (χ1) is 9.76. The van der Waals surface area contributed by atoms with Crippen molar-refractivity contribution in [2.24, 2.45) is 0 Å². The molecule has 1 aromatic carbocycles. The Kier molecular flexibility index (Phi) is 4.03. The number of aryl methyl sites for hydroxylation is 1. The first kappa shape index (κ1) is 15.5. The normalized spacial score (nSPS) is 12.3. The molecule has 0 unspecified atom stereocenters. The monoisotopic (exact) mass is 330 g/mol. The van der Waals surface area contributed by atoms with Crippen LogP contribution in [-0.4, -0.2) is 34.1 Å². The minimum atomic E-state index is -3.81. The van der Waals surface area contributed by atoms with Crippen LogP contribution in [-0.2, 0) is 20.0 Å². The average Bonchev–Trinajstić information content (AvgIpc) is 2.84. The molecule has 0 bridgehead atoms. The van der Waals surface area contributed by atoms with E-state index < -0.39 is 20.0 Å². The van der Waals surface area contributed by atoms with Crippen molar-refractivity contribution in [2.75, 3.05) is 11.8 Å². The molecule has 0 saturated heterocycles. The Balaban J connectivity index is 2.32. The van der Waals surface area contributed by atoms with Gasteiger partial charge in [0.1, 0.15) is 5.82 Å². The number of nitrogens with zero attached hydrogens (tertiary/aromatic N) is 1. The van der Waals surface area contributed by atoms with E-state index in [2.05, 4.69) is 19.6 Å². The van der Waals surface area contributed by atoms with Crippen molar-refractivity contribution in [1.82, 2.24) is 14.9 Å². The molecular formula is C11H14N4O4S2. The highest BCUT2D eigenvalue weighted by Gasteiger charge is 2.18. The van der Waals surface area contributed by atoms with E-state index >= 15 is 0 Å². The molecule has 0 aliphatic carbocycles. The fourth-order valence-corrected chi connectivity index (χ4v) is 3.38. The summed E-state index contributed by atoms with van der Waals surface area (Å²) in [6.07, 6.45) is 1.49. The molecule has 3 N–H and O–H groups in total. The summed E-state index contributed by atoms with van der Waals surface area (Å²) < 4.78 is 52.0. The van der Waals surface area contributed by atoms with Crippen molar-refractivity contribution in [3.8, 4) is 0 Å². The van der Waals surface area contributed by atoms with Gasteiger partial charge >= 0.3 is 0 Å². The Morgan fingerprint density at radius 1 is 1.00 bits per heavy atom. The molecule has 2 rings (SSSR count). The van der Waals surface area contributed by atoms with E-state index in [1.807, 2.05) is 0 Å². The summed E-state index contributed by atoms with van der Waals surface area (Å²) in [6.45, 7) is 1.70. The molecule has 1 heterocycles. The lowest BCUT2D eigenvalue weighted by Crippen LogP contribution is -2.19. The highest BCUT2D eigenvalue weighted by atomic mass is 32.2. The van der Waals surface area contributed by atoms with Crippen molar-refractivity contribution < 1.29 is 16.8 Å². The summed E-state index contributed by atoms with van der Waals surface area (Å²) in [4.78, 5) is -0.0618. The van der Waals surface area contributed by atoms with Crippen LogP contribution in [0.5, 0.6) is 0 Å². The van der Waals surface area contributed by atoms with Gasteiger partial charge in [-0.05, 0) is 38.2 Å². The van der Waals surface area contributed by atoms with E-state index in [0.717, 1.165) is 0 Å². The number of aromatic amines is 1. The predicted molar refractivity (Wildman–Crippen MR) is 76.8 cm³/mol. The number of rotatable bonds is 5. The minimum Gasteiger partial charge on any atom is -0.264 e. The summed E-state index contributed by atoms with van der Waals surface area (Å²) in [6, 6.07) is 4.89. The van der Waals surface area contributed by atoms with Gasteiger partial charge in [-0.25, -0.2) is 21.6 Å². The molecule has 0 atom stereocenters. The van der Waals surface area contributed by atoms with Gasteiger partial charge in [0.2, 0.25) is 10.0 Å². The number of nitrogens with one attached hydrogen (secondary N) is 3. The van der Waals surface area contributed by atoms with Crippen LogP contribution in [0, 0.1) is 6.92 Å². The maximum Gasteiger partial charge on any atom is 0.263 e. The lowest BCUT2D eigenvalue weighted by molar-refractivity contribution is 0.587. The number of sulfonamides is 2. The summed E-state index contributed by atoms with van der Waals surface area (Å²) in [5.41, 5.74) is 0.646. The van der Waals surface area contributed by atoms with Crippen LogP contribution in [0.25, 0.3) is 0 Å². The molecule has 0 fully saturated rings. The smallest absolute Gasteiger partial charge is 0.263 e. The lowest BCUT2D eigenvalue weighted by atomic mass is 10.4. The third-order valence-electron chi connectivity index (χ3n) is 2.78. The molecule has 0 aliphatic heterocycles. The van der Waals surface area contributed by atoms with E-state index in [0.29, 0.717) is 5.56 Å². The maximum atomic E-state index is 12.2. The zero-order valence-corrected chi connectivity index (χ0v) is 12.9. The van der Waals surface area contributed by atoms with Crippen LogP contribution >= 0.6 is 0 Å². The molecule has 0 radical (unpaired) electrons. The van der Waals surface area contributed by atoms with Crippen LogP contribution in [0.1, 0.15) is 5.56 Å². The van der Waals surface area contributed by atoms with Gasteiger partial charge in [-0.1, -0.05) is 0 Å². The maximum absolute atomic E-state index is 12.2. The van der Waals surface area contributed by atoms with E-state index in [1.165, 1.54) is 37.5 Å². The first-order valence-electron chi connectivity index (χ1n) is 5.83. The van der Waals surface area contributed by atoms with Gasteiger partial charge in [0.05, 0.1) is 16.0 Å². The highest BCUT2D eigenvalue weighted by Crippen LogP contribution is 2.18. The van der Waals surface area contributed by atoms with Gasteiger partial charge in [0.25, 0.3) is 10.0 Å². The van der Waals surface area contributed by atoms with Crippen LogP contribution in [0.2, 0.25) is 0 Å². The fraction of sp³-hybridized carbons (Fsp3) is 0.182. The van der Waals surface area contributed by atoms with E-state index in [9.17, 15) is 16.8 Å². The third kappa shape index (κ3) is 3.23. The summed E-state index contributed by atoms with van der Waals surface area (Å²) in [7, 11) is -6.13. The molecule has 0 saturated carbocycles. The largest absolute Gasteiger partial charge is 0.264 e. The second-order valence-corrected chi connectivity index (χ2v) is 7.78. The second-order valence-electron chi connectivity index (χ2n) is 4.21. The highest BCUT2D eigenvalue weighted by molar-refractivity contribution is 7.92. The van der Waals surface area contributed by atoms with Crippen LogP contribution in [0.15, 0.2) is 40.3 Å². The van der Waals surface area contributed by atoms with Gasteiger partial charge in [-0.3, -0.25) is 9.82 Å². The van der Waals surface area contributed by atoms with Crippen molar-refractivity contribution in [3.05, 3.63) is 36.0 Å². The predicted octanol–water partition coefficient (Wildman–Crippen LogP) is 0.427. The Hall–Kier alpha value is -1.91. The van der Waals surface area contributed by atoms with Crippen LogP contribution in [0.4, 0.5) is 5.82 Å². The van der Waals surface area contributed by atoms with Crippen LogP contribution < -0.4 is 9.44 Å². The molecular weight excluding hydrogens is 316 g/mol. The SMILES string of the molecule is CNS(=O)(=O)c1ccc(S(=O)(=O)Nc2[nH]ncc2C)cc1. The van der Waals surface area contributed by atoms with Crippen molar-refractivity contribution in [2.45, 2.75) is 16.7 Å². The fourth-order valence-electron chi connectivity index (χ4n) is 1.56. The Bertz CT molecular complexity index is 839. The molecule has 0 spiro atoms. The molecule has 10 heteroatoms. The zero-order chi connectivity index (χ0) is 15.7. The molecule has 8 nitrogen and oxygen atoms in total. The molecule has 1 aromatic heterocycles. The van der Waals surface area contributed by atoms with Gasteiger partial charge in [-0.15, -0.1) is 0 Å². The number of aromatic nitrogens is 2. The Morgan fingerprint density at radius 2 is 1.52 bits per heavy atom. The van der Waals surface area contributed by atoms with E-state index in [4.69, 9.17) is 0 Å². The summed E-state index contributed by atoms with van der Waals surface area (Å²) >= 11 is 0. The zero-order valence-electron chi connectivity index (χ0n) is 11.3. The molecule has 2 aromatic rings. The number of H-pyrrole nitrogens is 1. The number of benzene rings is 1. The van der Waals surface area contributed by atoms with Gasteiger partial charge in [0.15, 0.2) is 0 Å². The quantitative estimate of drug-likeness (QED) is 0.734. The first-order valence-corrected chi connectivity index (χ1v) is 8.79. The standard InChI is InChI=1S/C11H14N4O4S2/c1-8-7-13-14-11(8)15-21(18,19)10-5-3-9(4-6-10)20(16,17)12-2/h3-7,12H,1-2H3,(H2,13,14,15). The molecule has 0 amide bonds. The lowest BCUT2D eigenvalue weighted by Gasteiger charge is -2.08. The summed E-state index contributed by atoms with van der Waals surface area (Å²) in [5, 5.41) is 6.25. The average molecular weight is 330 g/mol. The van der Waals surface area contributed by atoms with Gasteiger partial charge in [-0.2, -0.15) is 5.10 Å². The molecule has 0 aliphatic rings. The Morgan fingerprint density at radius 3 is 1.95 bits per heavy atom. The van der Waals surface area contributed by atoms with E-state index in [-0.39, 0.29) is 15.6 Å². The van der Waals surface area contributed by atoms with Crippen molar-refractivity contribution >= 4 is 25.9 Å². The Labute approximate surface area is 122 Å². The number of hydrogen-bond acceptors (Lipinski definition) is 5. The second kappa shape index (κ2) is 5.47. The third-order valence-corrected chi connectivity index (χ3v) is 5.57. The van der Waals surface area contributed by atoms with Gasteiger partial charge < -0.3 is 0 Å². The van der Waals surface area contributed by atoms with Crippen molar-refractivity contribution in [3.63, 3.8) is 0 Å². The van der Waals surface area contributed by atoms with Gasteiger partial charge in [0, 0.05) is 5.56 Å². The van der Waals surface area contributed by atoms with Crippen molar-refractivity contribution in [1.29, 1.82) is 0 Å². The van der Waals surface area contributed by atoms with Crippen LogP contribution in [0.3, 0.4) is 0 Å². The summed E-state index contributed by atoms with van der Waals surface area (Å²) in [5.74, 6) is 0.266. The number of anilines is 1. The number of hydrogen-bond donors (Lipinski definition) is 3. The molecule has 114 valence electrons.